The van der Waals surface area contributed by atoms with Crippen molar-refractivity contribution in [3.05, 3.63) is 35.9 Å². The molecule has 5 amide bonds. The summed E-state index contributed by atoms with van der Waals surface area (Å²) < 4.78 is 17.3. The van der Waals surface area contributed by atoms with E-state index in [1.54, 1.807) is 107 Å². The van der Waals surface area contributed by atoms with Crippen LogP contribution in [0.2, 0.25) is 0 Å². The minimum atomic E-state index is -1.69. The SMILES string of the molecule is CC(C)[C@H](NC(=O)[C@H](CC(=O)OC(C)(C)C)NC(=O)[C@H](COC(C)(C)C)NC(=O)[C@@H](NC(=O)[C@@H](N)Cc1ccccc1)[C@@H](C)OC(C)(C)C)C(=O)N[C@@H](CO)C(=O)O. The Kier molecular flexibility index (Phi) is 19.9. The fourth-order valence-corrected chi connectivity index (χ4v) is 5.29. The third-order valence-electron chi connectivity index (χ3n) is 8.01. The van der Waals surface area contributed by atoms with Crippen molar-refractivity contribution in [1.82, 2.24) is 26.6 Å². The van der Waals surface area contributed by atoms with E-state index in [4.69, 9.17) is 19.9 Å². The fraction of sp³-hybridized carbons (Fsp3) is 0.675. The van der Waals surface area contributed by atoms with Gasteiger partial charge in [-0.05, 0) is 87.1 Å². The third-order valence-corrected chi connectivity index (χ3v) is 8.01. The molecule has 0 radical (unpaired) electrons. The number of amides is 5. The summed E-state index contributed by atoms with van der Waals surface area (Å²) in [5.74, 6) is -7.49. The number of rotatable bonds is 21. The van der Waals surface area contributed by atoms with E-state index in [1.165, 1.54) is 0 Å². The van der Waals surface area contributed by atoms with E-state index in [-0.39, 0.29) is 6.42 Å². The summed E-state index contributed by atoms with van der Waals surface area (Å²) in [6.07, 6.45) is -1.50. The standard InChI is InChI=1S/C40H66N6O12/c1-22(2)30(35(52)43-27(20-47)37(54)55)45-33(50)26(19-29(48)58-40(10,11)12)42-34(51)28(21-56-38(4,5)6)44-36(53)31(23(3)57-39(7,8)9)46-32(49)25(41)18-24-16-14-13-15-17-24/h13-17,22-23,25-28,30-31,47H,18-21,41H2,1-12H3,(H,42,51)(H,43,52)(H,44,53)(H,45,50)(H,46,49)(H,54,55)/t23-,25+,26+,27+,28+,30+,31+/m1/s1. The molecule has 58 heavy (non-hydrogen) atoms. The van der Waals surface area contributed by atoms with Crippen molar-refractivity contribution >= 4 is 41.5 Å². The molecule has 9 N–H and O–H groups in total. The number of aliphatic hydroxyl groups excluding tert-OH is 1. The van der Waals surface area contributed by atoms with Gasteiger partial charge < -0.3 is 56.7 Å². The summed E-state index contributed by atoms with van der Waals surface area (Å²) in [6.45, 7) is 18.5. The number of aliphatic carboxylic acids is 1. The Morgan fingerprint density at radius 1 is 0.655 bits per heavy atom. The highest BCUT2D eigenvalue weighted by atomic mass is 16.6. The molecule has 1 rings (SSSR count). The molecule has 18 heteroatoms. The molecule has 0 aromatic heterocycles. The lowest BCUT2D eigenvalue weighted by molar-refractivity contribution is -0.157. The van der Waals surface area contributed by atoms with Gasteiger partial charge in [0.05, 0.1) is 43.0 Å². The maximum Gasteiger partial charge on any atom is 0.328 e. The number of benzene rings is 1. The number of carboxylic acid groups (broad SMARTS) is 1. The summed E-state index contributed by atoms with van der Waals surface area (Å²) in [7, 11) is 0. The molecule has 0 aliphatic rings. The van der Waals surface area contributed by atoms with Crippen LogP contribution in [-0.4, -0.2) is 124 Å². The summed E-state index contributed by atoms with van der Waals surface area (Å²) in [4.78, 5) is 93.0. The maximum atomic E-state index is 14.1. The van der Waals surface area contributed by atoms with E-state index < -0.39 is 126 Å². The van der Waals surface area contributed by atoms with E-state index >= 15 is 0 Å². The molecule has 0 aliphatic heterocycles. The van der Waals surface area contributed by atoms with Crippen LogP contribution in [0.3, 0.4) is 0 Å². The molecule has 0 bridgehead atoms. The monoisotopic (exact) mass is 822 g/mol. The van der Waals surface area contributed by atoms with Gasteiger partial charge in [-0.1, -0.05) is 44.2 Å². The highest BCUT2D eigenvalue weighted by molar-refractivity contribution is 5.97. The molecule has 7 atom stereocenters. The molecule has 0 saturated heterocycles. The molecule has 0 spiro atoms. The first-order valence-corrected chi connectivity index (χ1v) is 19.2. The maximum absolute atomic E-state index is 14.1. The molecule has 0 fully saturated rings. The highest BCUT2D eigenvalue weighted by Gasteiger charge is 2.38. The van der Waals surface area contributed by atoms with Gasteiger partial charge in [-0.2, -0.15) is 0 Å². The molecular formula is C40H66N6O12. The van der Waals surface area contributed by atoms with Gasteiger partial charge in [0.2, 0.25) is 29.5 Å². The van der Waals surface area contributed by atoms with Crippen molar-refractivity contribution in [2.45, 2.75) is 155 Å². The summed E-state index contributed by atoms with van der Waals surface area (Å²) in [6, 6.07) is 0.363. The second kappa shape index (κ2) is 22.5. The van der Waals surface area contributed by atoms with E-state index in [2.05, 4.69) is 26.6 Å². The van der Waals surface area contributed by atoms with Gasteiger partial charge in [-0.3, -0.25) is 28.8 Å². The van der Waals surface area contributed by atoms with Gasteiger partial charge >= 0.3 is 11.9 Å². The van der Waals surface area contributed by atoms with Crippen molar-refractivity contribution < 1.29 is 58.0 Å². The van der Waals surface area contributed by atoms with Crippen molar-refractivity contribution in [3.8, 4) is 0 Å². The molecule has 1 aromatic carbocycles. The van der Waals surface area contributed by atoms with Gasteiger partial charge in [-0.25, -0.2) is 4.79 Å². The zero-order valence-electron chi connectivity index (χ0n) is 35.9. The Bertz CT molecular complexity index is 1550. The Balaban J connectivity index is 3.55. The number of aliphatic hydroxyl groups is 1. The number of nitrogens with two attached hydrogens (primary N) is 1. The average Bonchev–Trinajstić information content (AvgIpc) is 3.07. The summed E-state index contributed by atoms with van der Waals surface area (Å²) in [5, 5.41) is 31.1. The number of hydrogen-bond donors (Lipinski definition) is 8. The van der Waals surface area contributed by atoms with Gasteiger partial charge in [0, 0.05) is 0 Å². The predicted molar refractivity (Wildman–Crippen MR) is 214 cm³/mol. The van der Waals surface area contributed by atoms with E-state index in [0.717, 1.165) is 5.56 Å². The number of esters is 1. The number of carbonyl (C=O) groups is 7. The van der Waals surface area contributed by atoms with E-state index in [0.29, 0.717) is 0 Å². The number of hydrogen-bond acceptors (Lipinski definition) is 12. The van der Waals surface area contributed by atoms with Gasteiger partial charge in [0.1, 0.15) is 35.8 Å². The smallest absolute Gasteiger partial charge is 0.328 e. The van der Waals surface area contributed by atoms with Crippen LogP contribution >= 0.6 is 0 Å². The molecule has 1 aromatic rings. The van der Waals surface area contributed by atoms with Crippen LogP contribution < -0.4 is 32.3 Å². The highest BCUT2D eigenvalue weighted by Crippen LogP contribution is 2.16. The first-order valence-electron chi connectivity index (χ1n) is 19.2. The first-order chi connectivity index (χ1) is 26.5. The first kappa shape index (κ1) is 51.4. The summed E-state index contributed by atoms with van der Waals surface area (Å²) >= 11 is 0. The predicted octanol–water partition coefficient (Wildman–Crippen LogP) is 0.464. The average molecular weight is 823 g/mol. The molecule has 0 unspecified atom stereocenters. The van der Waals surface area contributed by atoms with Crippen LogP contribution in [0.15, 0.2) is 30.3 Å². The zero-order valence-corrected chi connectivity index (χ0v) is 35.9. The minimum absolute atomic E-state index is 0.169. The number of carboxylic acids is 1. The molecule has 18 nitrogen and oxygen atoms in total. The number of ether oxygens (including phenoxy) is 3. The van der Waals surface area contributed by atoms with E-state index in [1.807, 2.05) is 6.07 Å². The molecule has 0 aliphatic carbocycles. The molecular weight excluding hydrogens is 756 g/mol. The zero-order chi connectivity index (χ0) is 44.8. The topological polar surface area (TPSA) is 274 Å². The van der Waals surface area contributed by atoms with Crippen LogP contribution in [-0.2, 0) is 54.2 Å². The van der Waals surface area contributed by atoms with Gasteiger partial charge in [0.25, 0.3) is 0 Å². The van der Waals surface area contributed by atoms with E-state index in [9.17, 15) is 43.8 Å². The Morgan fingerprint density at radius 2 is 1.16 bits per heavy atom. The lowest BCUT2D eigenvalue weighted by atomic mass is 10.0. The fourth-order valence-electron chi connectivity index (χ4n) is 5.29. The number of nitrogens with one attached hydrogen (secondary N) is 5. The van der Waals surface area contributed by atoms with Crippen molar-refractivity contribution in [3.63, 3.8) is 0 Å². The second-order valence-corrected chi connectivity index (χ2v) is 17.4. The van der Waals surface area contributed by atoms with Crippen molar-refractivity contribution in [2.75, 3.05) is 13.2 Å². The van der Waals surface area contributed by atoms with Crippen molar-refractivity contribution in [1.29, 1.82) is 0 Å². The van der Waals surface area contributed by atoms with Crippen molar-refractivity contribution in [2.24, 2.45) is 11.7 Å². The van der Waals surface area contributed by atoms with Crippen LogP contribution in [0.1, 0.15) is 95.1 Å². The summed E-state index contributed by atoms with van der Waals surface area (Å²) in [5.41, 5.74) is 4.47. The Morgan fingerprint density at radius 3 is 1.64 bits per heavy atom. The minimum Gasteiger partial charge on any atom is -0.480 e. The number of carbonyl (C=O) groups excluding carboxylic acids is 6. The van der Waals surface area contributed by atoms with Gasteiger partial charge in [0.15, 0.2) is 0 Å². The third kappa shape index (κ3) is 19.7. The molecule has 0 heterocycles. The quantitative estimate of drug-likeness (QED) is 0.0785. The van der Waals surface area contributed by atoms with Crippen LogP contribution in [0.25, 0.3) is 0 Å². The van der Waals surface area contributed by atoms with Crippen LogP contribution in [0.5, 0.6) is 0 Å². The lowest BCUT2D eigenvalue weighted by Crippen LogP contribution is -2.63. The lowest BCUT2D eigenvalue weighted by Gasteiger charge is -2.33. The normalized spacial score (nSPS) is 15.7. The largest absolute Gasteiger partial charge is 0.480 e. The Hall–Kier alpha value is -4.65. The van der Waals surface area contributed by atoms with Crippen LogP contribution in [0, 0.1) is 5.92 Å². The van der Waals surface area contributed by atoms with Crippen LogP contribution in [0.4, 0.5) is 0 Å². The molecule has 0 saturated carbocycles. The van der Waals surface area contributed by atoms with Gasteiger partial charge in [-0.15, -0.1) is 0 Å². The Labute approximate surface area is 341 Å². The second-order valence-electron chi connectivity index (χ2n) is 17.4. The molecule has 328 valence electrons.